The Hall–Kier alpha value is -0.490. The van der Waals surface area contributed by atoms with Crippen LogP contribution >= 0.6 is 0 Å². The first-order valence-corrected chi connectivity index (χ1v) is 10.4. The summed E-state index contributed by atoms with van der Waals surface area (Å²) in [5.74, 6) is 1.10. The van der Waals surface area contributed by atoms with Crippen molar-refractivity contribution in [2.24, 2.45) is 34.5 Å². The van der Waals surface area contributed by atoms with Gasteiger partial charge in [0.15, 0.2) is 0 Å². The molecular formula is C21H34O5. The number of rotatable bonds is 2. The van der Waals surface area contributed by atoms with Crippen LogP contribution in [0.15, 0.2) is 0 Å². The van der Waals surface area contributed by atoms with Gasteiger partial charge < -0.3 is 20.4 Å². The van der Waals surface area contributed by atoms with Gasteiger partial charge in [0.1, 0.15) is 11.9 Å². The Labute approximate surface area is 155 Å². The highest BCUT2D eigenvalue weighted by molar-refractivity contribution is 5.84. The van der Waals surface area contributed by atoms with Crippen LogP contribution in [0.4, 0.5) is 0 Å². The third kappa shape index (κ3) is 2.27. The van der Waals surface area contributed by atoms with E-state index in [9.17, 15) is 25.2 Å². The number of Topliss-reactive ketones (excluding diaryl/α,β-unsaturated/α-hetero) is 1. The molecule has 26 heavy (non-hydrogen) atoms. The number of aliphatic hydroxyl groups is 4. The van der Waals surface area contributed by atoms with Gasteiger partial charge in [0, 0.05) is 17.8 Å². The quantitative estimate of drug-likeness (QED) is 0.596. The molecule has 4 rings (SSSR count). The minimum atomic E-state index is -1.38. The summed E-state index contributed by atoms with van der Waals surface area (Å²) >= 11 is 0. The molecule has 1 unspecified atom stereocenters. The van der Waals surface area contributed by atoms with E-state index in [1.54, 1.807) is 0 Å². The minimum Gasteiger partial charge on any atom is -0.394 e. The molecule has 4 fully saturated rings. The fraction of sp³-hybridized carbons (Fsp3) is 0.952. The van der Waals surface area contributed by atoms with E-state index in [-0.39, 0.29) is 41.5 Å². The van der Waals surface area contributed by atoms with Crippen molar-refractivity contribution in [3.8, 4) is 0 Å². The van der Waals surface area contributed by atoms with Crippen molar-refractivity contribution < 1.29 is 25.2 Å². The third-order valence-corrected chi connectivity index (χ3v) is 9.27. The lowest BCUT2D eigenvalue weighted by molar-refractivity contribution is -0.196. The van der Waals surface area contributed by atoms with Crippen LogP contribution in [-0.2, 0) is 4.79 Å². The van der Waals surface area contributed by atoms with Crippen LogP contribution in [0.3, 0.4) is 0 Å². The van der Waals surface area contributed by atoms with Gasteiger partial charge in [-0.25, -0.2) is 0 Å². The average Bonchev–Trinajstić information content (AvgIpc) is 2.86. The Balaban J connectivity index is 1.69. The zero-order valence-corrected chi connectivity index (χ0v) is 16.0. The molecule has 0 aromatic heterocycles. The number of ketones is 1. The van der Waals surface area contributed by atoms with Crippen LogP contribution in [0, 0.1) is 34.5 Å². The summed E-state index contributed by atoms with van der Waals surface area (Å²) in [5.41, 5.74) is -2.09. The molecule has 148 valence electrons. The second-order valence-corrected chi connectivity index (χ2v) is 10.2. The van der Waals surface area contributed by atoms with Gasteiger partial charge in [-0.2, -0.15) is 0 Å². The van der Waals surface area contributed by atoms with Crippen molar-refractivity contribution in [1.82, 2.24) is 0 Å². The standard InChI is InChI=1S/C21H34O5/c1-19-7-5-13(23)9-12(19)3-4-14-15-6-8-21(26,17(25)11-22)20(15,2)10-16(24)18(14)19/h12-15,17-18,22-23,25-26H,3-11H2,1-2H3/t12?,13-,14+,15+,17+,18-,19+,20+,21+/m1/s1. The Kier molecular flexibility index (Phi) is 4.35. The van der Waals surface area contributed by atoms with E-state index in [1.807, 2.05) is 6.92 Å². The summed E-state index contributed by atoms with van der Waals surface area (Å²) in [7, 11) is 0. The van der Waals surface area contributed by atoms with Crippen molar-refractivity contribution in [2.45, 2.75) is 83.0 Å². The Morgan fingerprint density at radius 3 is 2.58 bits per heavy atom. The van der Waals surface area contributed by atoms with Crippen molar-refractivity contribution in [1.29, 1.82) is 0 Å². The highest BCUT2D eigenvalue weighted by atomic mass is 16.4. The third-order valence-electron chi connectivity index (χ3n) is 9.27. The topological polar surface area (TPSA) is 98.0 Å². The van der Waals surface area contributed by atoms with Gasteiger partial charge in [-0.05, 0) is 68.1 Å². The number of hydrogen-bond donors (Lipinski definition) is 4. The zero-order valence-electron chi connectivity index (χ0n) is 16.0. The Morgan fingerprint density at radius 2 is 1.88 bits per heavy atom. The van der Waals surface area contributed by atoms with Gasteiger partial charge in [0.05, 0.1) is 18.3 Å². The fourth-order valence-electron chi connectivity index (χ4n) is 7.79. The van der Waals surface area contributed by atoms with Crippen LogP contribution in [0.2, 0.25) is 0 Å². The fourth-order valence-corrected chi connectivity index (χ4v) is 7.79. The lowest BCUT2D eigenvalue weighted by Gasteiger charge is -2.60. The van der Waals surface area contributed by atoms with E-state index in [1.165, 1.54) is 0 Å². The first-order valence-electron chi connectivity index (χ1n) is 10.4. The predicted molar refractivity (Wildman–Crippen MR) is 96.2 cm³/mol. The smallest absolute Gasteiger partial charge is 0.137 e. The average molecular weight is 366 g/mol. The molecule has 0 radical (unpaired) electrons. The van der Waals surface area contributed by atoms with E-state index in [0.717, 1.165) is 38.5 Å². The molecule has 5 heteroatoms. The molecule has 4 aliphatic carbocycles. The lowest BCUT2D eigenvalue weighted by atomic mass is 9.44. The molecule has 5 nitrogen and oxygen atoms in total. The maximum absolute atomic E-state index is 13.4. The van der Waals surface area contributed by atoms with Gasteiger partial charge in [0.2, 0.25) is 0 Å². The van der Waals surface area contributed by atoms with Gasteiger partial charge in [0.25, 0.3) is 0 Å². The molecule has 4 saturated carbocycles. The highest BCUT2D eigenvalue weighted by Crippen LogP contribution is 2.67. The van der Waals surface area contributed by atoms with Crippen molar-refractivity contribution in [3.63, 3.8) is 0 Å². The molecule has 0 amide bonds. The molecule has 0 bridgehead atoms. The Bertz CT molecular complexity index is 593. The molecule has 4 N–H and O–H groups in total. The molecule has 4 aliphatic rings. The van der Waals surface area contributed by atoms with Crippen LogP contribution in [0.5, 0.6) is 0 Å². The van der Waals surface area contributed by atoms with E-state index < -0.39 is 23.7 Å². The maximum Gasteiger partial charge on any atom is 0.137 e. The summed E-state index contributed by atoms with van der Waals surface area (Å²) in [6.45, 7) is 3.74. The SMILES string of the molecule is C[C@]12CC[C@@H](O)CC1CC[C@@H]1[C@@H]2C(=O)C[C@@]2(C)[C@H]1CC[C@]2(O)[C@@H](O)CO. The predicted octanol–water partition coefficient (Wildman–Crippen LogP) is 1.65. The van der Waals surface area contributed by atoms with E-state index in [2.05, 4.69) is 6.92 Å². The molecule has 0 spiro atoms. The summed E-state index contributed by atoms with van der Waals surface area (Å²) < 4.78 is 0. The van der Waals surface area contributed by atoms with E-state index in [0.29, 0.717) is 12.3 Å². The van der Waals surface area contributed by atoms with Gasteiger partial charge >= 0.3 is 0 Å². The van der Waals surface area contributed by atoms with Crippen LogP contribution in [0.1, 0.15) is 65.2 Å². The largest absolute Gasteiger partial charge is 0.394 e. The van der Waals surface area contributed by atoms with Crippen molar-refractivity contribution >= 4 is 5.78 Å². The van der Waals surface area contributed by atoms with Gasteiger partial charge in [-0.3, -0.25) is 4.79 Å². The van der Waals surface area contributed by atoms with Crippen LogP contribution in [0.25, 0.3) is 0 Å². The van der Waals surface area contributed by atoms with E-state index in [4.69, 9.17) is 0 Å². The molecule has 0 saturated heterocycles. The number of aliphatic hydroxyl groups excluding tert-OH is 3. The lowest BCUT2D eigenvalue weighted by Crippen LogP contribution is -2.63. The second-order valence-electron chi connectivity index (χ2n) is 10.2. The monoisotopic (exact) mass is 366 g/mol. The Morgan fingerprint density at radius 1 is 1.15 bits per heavy atom. The molecule has 0 aliphatic heterocycles. The van der Waals surface area contributed by atoms with Crippen molar-refractivity contribution in [3.05, 3.63) is 0 Å². The highest BCUT2D eigenvalue weighted by Gasteiger charge is 2.68. The number of hydrogen-bond acceptors (Lipinski definition) is 5. The molecule has 0 aromatic rings. The van der Waals surface area contributed by atoms with Crippen LogP contribution in [-0.4, -0.2) is 50.6 Å². The van der Waals surface area contributed by atoms with Gasteiger partial charge in [-0.1, -0.05) is 13.8 Å². The normalized spacial score (nSPS) is 55.0. The summed E-state index contributed by atoms with van der Waals surface area (Å²) in [4.78, 5) is 13.4. The summed E-state index contributed by atoms with van der Waals surface area (Å²) in [6, 6.07) is 0. The molecule has 0 heterocycles. The molecule has 0 aromatic carbocycles. The molecular weight excluding hydrogens is 332 g/mol. The summed E-state index contributed by atoms with van der Waals surface area (Å²) in [5, 5.41) is 41.2. The molecule has 9 atom stereocenters. The number of carbonyl (C=O) groups is 1. The minimum absolute atomic E-state index is 0.0143. The van der Waals surface area contributed by atoms with E-state index >= 15 is 0 Å². The second kappa shape index (κ2) is 6.00. The zero-order chi connectivity index (χ0) is 18.9. The number of carbonyl (C=O) groups excluding carboxylic acids is 1. The van der Waals surface area contributed by atoms with Crippen LogP contribution < -0.4 is 0 Å². The van der Waals surface area contributed by atoms with Gasteiger partial charge in [-0.15, -0.1) is 0 Å². The first-order chi connectivity index (χ1) is 12.2. The summed E-state index contributed by atoms with van der Waals surface area (Å²) in [6.07, 6.45) is 4.61. The maximum atomic E-state index is 13.4. The first kappa shape index (κ1) is 18.9. The number of fused-ring (bicyclic) bond motifs is 5. The van der Waals surface area contributed by atoms with Crippen molar-refractivity contribution in [2.75, 3.05) is 6.61 Å².